The standard InChI is InChI=1S/C26H34N8O9S2/c1-3-18-20(32-26(28)44-18)21(23(35)31-19-13(2)34(24(19)36)45(39,40)41)33-43-17(25(37)38)12-42-16-6-4-14(5-7-16)22(27)30-15-8-10-29-11-9-15/h4-7,13,15,17,19,29H,3,8-12H2,1-2H3,(H2,27,30)(H2,28,32)(H,31,35)(H,37,38)(H,39,40,41)/t13-,17?,19-/m0/s1. The molecule has 1 aromatic carbocycles. The predicted octanol–water partition coefficient (Wildman–Crippen LogP) is -0.484. The van der Waals surface area contributed by atoms with Gasteiger partial charge in [0.2, 0.25) is 0 Å². The van der Waals surface area contributed by atoms with E-state index in [2.05, 4.69) is 25.8 Å². The van der Waals surface area contributed by atoms with Crippen molar-refractivity contribution in [1.82, 2.24) is 19.9 Å². The van der Waals surface area contributed by atoms with E-state index in [0.29, 0.717) is 28.4 Å². The molecule has 17 nitrogen and oxygen atoms in total. The Hall–Kier alpha value is -4.33. The molecule has 0 aliphatic carbocycles. The van der Waals surface area contributed by atoms with Gasteiger partial charge in [0, 0.05) is 10.4 Å². The Labute approximate surface area is 262 Å². The number of thiazole rings is 1. The van der Waals surface area contributed by atoms with Crippen LogP contribution in [0.1, 0.15) is 42.8 Å². The lowest BCUT2D eigenvalue weighted by Crippen LogP contribution is -2.71. The second-order valence-electron chi connectivity index (χ2n) is 10.2. The van der Waals surface area contributed by atoms with Crippen LogP contribution in [0.2, 0.25) is 0 Å². The number of piperidine rings is 1. The van der Waals surface area contributed by atoms with Crippen LogP contribution in [0.3, 0.4) is 0 Å². The average molecular weight is 667 g/mol. The Balaban J connectivity index is 1.47. The highest BCUT2D eigenvalue weighted by Gasteiger charge is 2.51. The molecule has 1 unspecified atom stereocenters. The zero-order valence-electron chi connectivity index (χ0n) is 24.4. The van der Waals surface area contributed by atoms with Gasteiger partial charge < -0.3 is 36.8 Å². The SMILES string of the molecule is CCc1sc(N)nc1C(=NOC(COc1ccc(C(N)=NC2CCNCC2)cc1)C(=O)O)C(=O)N[C@@H]1C(=O)N(S(=O)(=O)O)[C@H]1C. The van der Waals surface area contributed by atoms with Gasteiger partial charge >= 0.3 is 16.3 Å². The van der Waals surface area contributed by atoms with Crippen LogP contribution >= 0.6 is 11.3 Å². The molecule has 3 atom stereocenters. The molecule has 19 heteroatoms. The fraction of sp³-hybridized carbons (Fsp3) is 0.462. The number of β-lactam (4-membered cyclic amide) rings is 1. The fourth-order valence-corrected chi connectivity index (χ4v) is 6.32. The van der Waals surface area contributed by atoms with E-state index in [4.69, 9.17) is 21.0 Å². The predicted molar refractivity (Wildman–Crippen MR) is 163 cm³/mol. The third-order valence-electron chi connectivity index (χ3n) is 7.07. The van der Waals surface area contributed by atoms with Gasteiger partial charge in [0.15, 0.2) is 10.8 Å². The van der Waals surface area contributed by atoms with E-state index >= 15 is 0 Å². The molecule has 0 bridgehead atoms. The van der Waals surface area contributed by atoms with E-state index in [1.54, 1.807) is 31.2 Å². The molecule has 4 rings (SSSR count). The van der Waals surface area contributed by atoms with E-state index in [-0.39, 0.29) is 21.2 Å². The largest absolute Gasteiger partial charge is 0.489 e. The molecule has 1 aromatic heterocycles. The van der Waals surface area contributed by atoms with Crippen LogP contribution < -0.4 is 26.8 Å². The van der Waals surface area contributed by atoms with E-state index in [0.717, 1.165) is 37.3 Å². The van der Waals surface area contributed by atoms with Crippen LogP contribution in [0.4, 0.5) is 5.13 Å². The van der Waals surface area contributed by atoms with E-state index < -0.39 is 58.6 Å². The molecule has 2 aliphatic heterocycles. The molecule has 2 saturated heterocycles. The molecule has 244 valence electrons. The van der Waals surface area contributed by atoms with Crippen molar-refractivity contribution >= 4 is 56.1 Å². The van der Waals surface area contributed by atoms with E-state index in [1.165, 1.54) is 6.92 Å². The highest BCUT2D eigenvalue weighted by Crippen LogP contribution is 2.25. The minimum atomic E-state index is -4.83. The smallest absolute Gasteiger partial charge is 0.362 e. The normalized spacial score (nSPS) is 20.3. The zero-order valence-corrected chi connectivity index (χ0v) is 26.0. The number of nitrogens with zero attached hydrogens (tertiary/aromatic N) is 4. The summed E-state index contributed by atoms with van der Waals surface area (Å²) in [5, 5.41) is 19.2. The first kappa shape index (κ1) is 33.6. The number of nitrogens with one attached hydrogen (secondary N) is 2. The van der Waals surface area contributed by atoms with Crippen molar-refractivity contribution in [2.75, 3.05) is 25.4 Å². The van der Waals surface area contributed by atoms with Crippen LogP contribution in [0.15, 0.2) is 34.4 Å². The Morgan fingerprint density at radius 2 is 1.93 bits per heavy atom. The first-order chi connectivity index (χ1) is 21.3. The third kappa shape index (κ3) is 8.04. The first-order valence-corrected chi connectivity index (χ1v) is 16.1. The van der Waals surface area contributed by atoms with Crippen molar-refractivity contribution in [2.45, 2.75) is 57.3 Å². The minimum Gasteiger partial charge on any atom is -0.489 e. The van der Waals surface area contributed by atoms with Crippen molar-refractivity contribution < 1.29 is 42.0 Å². The second-order valence-corrected chi connectivity index (χ2v) is 12.6. The lowest BCUT2D eigenvalue weighted by Gasteiger charge is -2.42. The summed E-state index contributed by atoms with van der Waals surface area (Å²) in [5.74, 6) is -2.84. The number of hydrogen-bond donors (Lipinski definition) is 6. The molecule has 2 amide bonds. The molecule has 3 heterocycles. The molecule has 2 aliphatic rings. The van der Waals surface area contributed by atoms with Crippen molar-refractivity contribution in [3.8, 4) is 5.75 Å². The Morgan fingerprint density at radius 1 is 1.27 bits per heavy atom. The zero-order chi connectivity index (χ0) is 32.9. The molecule has 8 N–H and O–H groups in total. The lowest BCUT2D eigenvalue weighted by molar-refractivity contribution is -0.152. The van der Waals surface area contributed by atoms with Gasteiger partial charge in [0.25, 0.3) is 17.9 Å². The van der Waals surface area contributed by atoms with E-state index in [1.807, 2.05) is 0 Å². The number of amides is 2. The van der Waals surface area contributed by atoms with Gasteiger partial charge in [0.1, 0.15) is 29.9 Å². The lowest BCUT2D eigenvalue weighted by atomic mass is 10.0. The van der Waals surface area contributed by atoms with Gasteiger partial charge in [-0.05, 0) is 63.5 Å². The number of aliphatic imine (C=N–C) groups is 1. The Kier molecular flexibility index (Phi) is 10.6. The van der Waals surface area contributed by atoms with Gasteiger partial charge in [-0.1, -0.05) is 12.1 Å². The number of carboxylic acid groups (broad SMARTS) is 1. The van der Waals surface area contributed by atoms with Crippen LogP contribution in [0.5, 0.6) is 5.75 Å². The summed E-state index contributed by atoms with van der Waals surface area (Å²) in [4.78, 5) is 52.0. The Bertz CT molecular complexity index is 1590. The van der Waals surface area contributed by atoms with Crippen molar-refractivity contribution in [2.24, 2.45) is 15.9 Å². The molecular formula is C26H34N8O9S2. The van der Waals surface area contributed by atoms with Crippen molar-refractivity contribution in [3.63, 3.8) is 0 Å². The number of oxime groups is 1. The number of hydrogen-bond acceptors (Lipinski definition) is 13. The van der Waals surface area contributed by atoms with Gasteiger partial charge in [0.05, 0.1) is 12.1 Å². The minimum absolute atomic E-state index is 0.00653. The average Bonchev–Trinajstić information content (AvgIpc) is 3.37. The third-order valence-corrected chi connectivity index (χ3v) is 9.11. The van der Waals surface area contributed by atoms with Gasteiger partial charge in [-0.15, -0.1) is 11.3 Å². The fourth-order valence-electron chi connectivity index (χ4n) is 4.66. The highest BCUT2D eigenvalue weighted by atomic mass is 32.2. The number of rotatable bonds is 13. The number of benzene rings is 1. The summed E-state index contributed by atoms with van der Waals surface area (Å²) < 4.78 is 37.9. The summed E-state index contributed by atoms with van der Waals surface area (Å²) in [5.41, 5.74) is 12.2. The maximum atomic E-state index is 13.3. The number of carbonyl (C=O) groups excluding carboxylic acids is 2. The summed E-state index contributed by atoms with van der Waals surface area (Å²) >= 11 is 1.07. The maximum Gasteiger partial charge on any atom is 0.362 e. The molecule has 2 fully saturated rings. The number of nitrogens with two attached hydrogens (primary N) is 2. The molecule has 45 heavy (non-hydrogen) atoms. The van der Waals surface area contributed by atoms with E-state index in [9.17, 15) is 32.5 Å². The number of carboxylic acids is 1. The summed E-state index contributed by atoms with van der Waals surface area (Å²) in [6.07, 6.45) is 0.481. The van der Waals surface area contributed by atoms with Crippen molar-refractivity contribution in [1.29, 1.82) is 0 Å². The number of anilines is 1. The monoisotopic (exact) mass is 666 g/mol. The highest BCUT2D eigenvalue weighted by molar-refractivity contribution is 7.84. The van der Waals surface area contributed by atoms with Crippen LogP contribution in [-0.2, 0) is 35.9 Å². The van der Waals surface area contributed by atoms with Crippen molar-refractivity contribution in [3.05, 3.63) is 40.4 Å². The number of carbonyl (C=O) groups is 3. The van der Waals surface area contributed by atoms with Crippen LogP contribution in [0.25, 0.3) is 0 Å². The summed E-state index contributed by atoms with van der Waals surface area (Å²) in [6, 6.07) is 4.28. The molecule has 2 aromatic rings. The topological polar surface area (TPSA) is 261 Å². The van der Waals surface area contributed by atoms with Crippen LogP contribution in [-0.4, -0.2) is 101 Å². The molecule has 0 spiro atoms. The number of aliphatic carboxylic acids is 1. The number of aromatic nitrogens is 1. The molecule has 0 saturated carbocycles. The summed E-state index contributed by atoms with van der Waals surface area (Å²) in [6.45, 7) is 4.31. The number of amidine groups is 1. The quantitative estimate of drug-likeness (QED) is 0.0519. The molecular weight excluding hydrogens is 632 g/mol. The number of aryl methyl sites for hydroxylation is 1. The Morgan fingerprint density at radius 3 is 2.51 bits per heavy atom. The molecule has 0 radical (unpaired) electrons. The van der Waals surface area contributed by atoms with Gasteiger partial charge in [-0.2, -0.15) is 8.42 Å². The van der Waals surface area contributed by atoms with Gasteiger partial charge in [-0.25, -0.2) is 14.1 Å². The van der Waals surface area contributed by atoms with Gasteiger partial charge in [-0.3, -0.25) is 19.1 Å². The van der Waals surface area contributed by atoms with Crippen LogP contribution in [0, 0.1) is 0 Å². The first-order valence-electron chi connectivity index (χ1n) is 13.9. The maximum absolute atomic E-state index is 13.3. The number of ether oxygens (including phenoxy) is 1. The summed E-state index contributed by atoms with van der Waals surface area (Å²) in [7, 11) is -4.83. The number of nitrogen functional groups attached to an aromatic ring is 1. The second kappa shape index (κ2) is 14.2.